The average Bonchev–Trinajstić information content (AvgIpc) is 1.95. The van der Waals surface area contributed by atoms with E-state index in [4.69, 9.17) is 0 Å². The number of nitrogens with one attached hydrogen (secondary N) is 1. The Hall–Kier alpha value is -0.0800. The number of hydrogen-bond donors (Lipinski definition) is 1. The summed E-state index contributed by atoms with van der Waals surface area (Å²) in [5.41, 5.74) is 3.58. The van der Waals surface area contributed by atoms with E-state index < -0.39 is 0 Å². The topological polar surface area (TPSA) is 15.3 Å². The minimum atomic E-state index is 0.326. The van der Waals surface area contributed by atoms with Crippen LogP contribution in [0.25, 0.3) is 0 Å². The van der Waals surface area contributed by atoms with Crippen molar-refractivity contribution in [2.45, 2.75) is 39.2 Å². The molecular formula is C9H20N2. The van der Waals surface area contributed by atoms with Crippen LogP contribution in [0.5, 0.6) is 0 Å². The van der Waals surface area contributed by atoms with Crippen LogP contribution >= 0.6 is 0 Å². The standard InChI is InChI=1S/C9H20N2/c1-8-6-5-7-11(10-4)9(8,2)3/h8,10H,5-7H2,1-4H3. The minimum Gasteiger partial charge on any atom is -0.258 e. The highest BCUT2D eigenvalue weighted by molar-refractivity contribution is 4.88. The third-order valence-electron chi connectivity index (χ3n) is 3.19. The van der Waals surface area contributed by atoms with Crippen LogP contribution in [0.3, 0.4) is 0 Å². The highest BCUT2D eigenvalue weighted by Crippen LogP contribution is 2.30. The van der Waals surface area contributed by atoms with Gasteiger partial charge in [0.1, 0.15) is 0 Å². The van der Waals surface area contributed by atoms with E-state index in [9.17, 15) is 0 Å². The molecule has 1 unspecified atom stereocenters. The van der Waals surface area contributed by atoms with Crippen LogP contribution in [0.1, 0.15) is 33.6 Å². The van der Waals surface area contributed by atoms with E-state index >= 15 is 0 Å². The van der Waals surface area contributed by atoms with Gasteiger partial charge in [-0.15, -0.1) is 0 Å². The van der Waals surface area contributed by atoms with Gasteiger partial charge in [-0.1, -0.05) is 6.92 Å². The summed E-state index contributed by atoms with van der Waals surface area (Å²) in [7, 11) is 2.01. The summed E-state index contributed by atoms with van der Waals surface area (Å²) in [6.45, 7) is 8.15. The molecule has 1 fully saturated rings. The van der Waals surface area contributed by atoms with E-state index in [0.717, 1.165) is 5.92 Å². The SMILES string of the molecule is CNN1CCCC(C)C1(C)C. The fraction of sp³-hybridized carbons (Fsp3) is 1.00. The largest absolute Gasteiger partial charge is 0.258 e. The molecule has 0 bridgehead atoms. The maximum atomic E-state index is 3.26. The molecular weight excluding hydrogens is 136 g/mol. The maximum absolute atomic E-state index is 3.26. The van der Waals surface area contributed by atoms with Crippen LogP contribution in [0, 0.1) is 5.92 Å². The Labute approximate surface area is 69.9 Å². The minimum absolute atomic E-state index is 0.326. The first kappa shape index (κ1) is 9.01. The predicted molar refractivity (Wildman–Crippen MR) is 48.2 cm³/mol. The van der Waals surface area contributed by atoms with Crippen molar-refractivity contribution in [2.75, 3.05) is 13.6 Å². The molecule has 0 spiro atoms. The normalized spacial score (nSPS) is 32.2. The second kappa shape index (κ2) is 3.11. The molecule has 1 aliphatic heterocycles. The van der Waals surface area contributed by atoms with E-state index in [2.05, 4.69) is 31.2 Å². The lowest BCUT2D eigenvalue weighted by Gasteiger charge is -2.46. The van der Waals surface area contributed by atoms with Crippen molar-refractivity contribution in [3.8, 4) is 0 Å². The number of hydrogen-bond acceptors (Lipinski definition) is 2. The highest BCUT2D eigenvalue weighted by atomic mass is 15.5. The monoisotopic (exact) mass is 156 g/mol. The molecule has 0 aromatic heterocycles. The number of hydrazine groups is 1. The van der Waals surface area contributed by atoms with E-state index in [1.54, 1.807) is 0 Å². The molecule has 0 saturated carbocycles. The molecule has 1 N–H and O–H groups in total. The van der Waals surface area contributed by atoms with Gasteiger partial charge in [-0.3, -0.25) is 5.43 Å². The van der Waals surface area contributed by atoms with Gasteiger partial charge in [0.15, 0.2) is 0 Å². The van der Waals surface area contributed by atoms with Gasteiger partial charge < -0.3 is 0 Å². The average molecular weight is 156 g/mol. The first-order chi connectivity index (χ1) is 5.09. The molecule has 11 heavy (non-hydrogen) atoms. The van der Waals surface area contributed by atoms with Crippen LogP contribution in [0.15, 0.2) is 0 Å². The van der Waals surface area contributed by atoms with Gasteiger partial charge in [-0.05, 0) is 39.7 Å². The van der Waals surface area contributed by atoms with Gasteiger partial charge in [-0.2, -0.15) is 0 Å². The van der Waals surface area contributed by atoms with Crippen LogP contribution in [-0.4, -0.2) is 24.1 Å². The van der Waals surface area contributed by atoms with Crippen LogP contribution in [-0.2, 0) is 0 Å². The Bertz CT molecular complexity index is 132. The number of piperidine rings is 1. The summed E-state index contributed by atoms with van der Waals surface area (Å²) in [4.78, 5) is 0. The van der Waals surface area contributed by atoms with Gasteiger partial charge in [0.2, 0.25) is 0 Å². The third-order valence-corrected chi connectivity index (χ3v) is 3.19. The van der Waals surface area contributed by atoms with Crippen molar-refractivity contribution in [1.82, 2.24) is 10.4 Å². The van der Waals surface area contributed by atoms with Crippen LogP contribution in [0.2, 0.25) is 0 Å². The molecule has 0 aliphatic carbocycles. The van der Waals surface area contributed by atoms with Crippen molar-refractivity contribution >= 4 is 0 Å². The molecule has 0 aromatic rings. The second-order valence-corrected chi connectivity index (χ2v) is 4.07. The summed E-state index contributed by atoms with van der Waals surface area (Å²) in [6, 6.07) is 0. The molecule has 0 aromatic carbocycles. The molecule has 66 valence electrons. The van der Waals surface area contributed by atoms with Gasteiger partial charge >= 0.3 is 0 Å². The summed E-state index contributed by atoms with van der Waals surface area (Å²) < 4.78 is 0. The first-order valence-corrected chi connectivity index (χ1v) is 4.54. The lowest BCUT2D eigenvalue weighted by Crippen LogP contribution is -2.57. The van der Waals surface area contributed by atoms with Crippen molar-refractivity contribution in [3.63, 3.8) is 0 Å². The number of nitrogens with zero attached hydrogens (tertiary/aromatic N) is 1. The second-order valence-electron chi connectivity index (χ2n) is 4.07. The van der Waals surface area contributed by atoms with Crippen molar-refractivity contribution in [3.05, 3.63) is 0 Å². The quantitative estimate of drug-likeness (QED) is 0.621. The molecule has 2 nitrogen and oxygen atoms in total. The van der Waals surface area contributed by atoms with E-state index in [1.807, 2.05) is 7.05 Å². The molecule has 1 aliphatic rings. The fourth-order valence-electron chi connectivity index (χ4n) is 1.86. The summed E-state index contributed by atoms with van der Waals surface area (Å²) in [5, 5.41) is 2.35. The van der Waals surface area contributed by atoms with E-state index in [-0.39, 0.29) is 0 Å². The van der Waals surface area contributed by atoms with Gasteiger partial charge in [0.25, 0.3) is 0 Å². The lowest BCUT2D eigenvalue weighted by atomic mass is 9.82. The third kappa shape index (κ3) is 1.57. The lowest BCUT2D eigenvalue weighted by molar-refractivity contribution is -0.00598. The summed E-state index contributed by atoms with van der Waals surface area (Å²) >= 11 is 0. The summed E-state index contributed by atoms with van der Waals surface area (Å²) in [6.07, 6.45) is 2.69. The molecule has 1 rings (SSSR count). The highest BCUT2D eigenvalue weighted by Gasteiger charge is 2.34. The Balaban J connectivity index is 2.64. The zero-order valence-electron chi connectivity index (χ0n) is 8.15. The van der Waals surface area contributed by atoms with Crippen molar-refractivity contribution in [1.29, 1.82) is 0 Å². The first-order valence-electron chi connectivity index (χ1n) is 4.54. The molecule has 1 saturated heterocycles. The Kier molecular flexibility index (Phi) is 2.55. The zero-order valence-corrected chi connectivity index (χ0v) is 8.15. The molecule has 0 radical (unpaired) electrons. The number of rotatable bonds is 1. The Morgan fingerprint density at radius 1 is 1.45 bits per heavy atom. The molecule has 2 heteroatoms. The molecule has 0 amide bonds. The molecule has 1 heterocycles. The van der Waals surface area contributed by atoms with Gasteiger partial charge in [0, 0.05) is 12.1 Å². The predicted octanol–water partition coefficient (Wildman–Crippen LogP) is 1.63. The maximum Gasteiger partial charge on any atom is 0.0323 e. The van der Waals surface area contributed by atoms with E-state index in [1.165, 1.54) is 19.4 Å². The smallest absolute Gasteiger partial charge is 0.0323 e. The zero-order chi connectivity index (χ0) is 8.48. The Morgan fingerprint density at radius 3 is 2.55 bits per heavy atom. The van der Waals surface area contributed by atoms with Crippen LogP contribution < -0.4 is 5.43 Å². The fourth-order valence-corrected chi connectivity index (χ4v) is 1.86. The van der Waals surface area contributed by atoms with E-state index in [0.29, 0.717) is 5.54 Å². The van der Waals surface area contributed by atoms with Crippen LogP contribution in [0.4, 0.5) is 0 Å². The summed E-state index contributed by atoms with van der Waals surface area (Å²) in [5.74, 6) is 0.795. The van der Waals surface area contributed by atoms with Gasteiger partial charge in [0.05, 0.1) is 0 Å². The van der Waals surface area contributed by atoms with Crippen molar-refractivity contribution in [2.24, 2.45) is 5.92 Å². The van der Waals surface area contributed by atoms with Crippen molar-refractivity contribution < 1.29 is 0 Å². The Morgan fingerprint density at radius 2 is 2.09 bits per heavy atom. The van der Waals surface area contributed by atoms with Gasteiger partial charge in [-0.25, -0.2) is 5.01 Å². The molecule has 1 atom stereocenters.